The summed E-state index contributed by atoms with van der Waals surface area (Å²) < 4.78 is 9.86. The number of rotatable bonds is 8. The maximum atomic E-state index is 13.1. The SMILES string of the molecule is CCCCn1c(=O)c2ccccc2n2c(SCC3CN(Cc4ccccc4)CCO3)nnc12. The summed E-state index contributed by atoms with van der Waals surface area (Å²) in [7, 11) is 0. The minimum atomic E-state index is 0.00247. The van der Waals surface area contributed by atoms with E-state index in [9.17, 15) is 4.79 Å². The third kappa shape index (κ3) is 4.69. The van der Waals surface area contributed by atoms with Gasteiger partial charge in [0.1, 0.15) is 0 Å². The fraction of sp³-hybridized carbons (Fsp3) is 0.400. The molecule has 1 aliphatic heterocycles. The molecule has 0 radical (unpaired) electrons. The third-order valence-electron chi connectivity index (χ3n) is 6.08. The summed E-state index contributed by atoms with van der Waals surface area (Å²) in [5.74, 6) is 1.40. The number of hydrogen-bond acceptors (Lipinski definition) is 6. The first-order valence-corrected chi connectivity index (χ1v) is 12.6. The van der Waals surface area contributed by atoms with Crippen molar-refractivity contribution in [3.05, 3.63) is 70.5 Å². The van der Waals surface area contributed by atoms with Gasteiger partial charge in [-0.05, 0) is 24.1 Å². The Balaban J connectivity index is 1.37. The minimum Gasteiger partial charge on any atom is -0.375 e. The van der Waals surface area contributed by atoms with Gasteiger partial charge < -0.3 is 4.74 Å². The van der Waals surface area contributed by atoms with Crippen LogP contribution in [0.15, 0.2) is 64.5 Å². The summed E-state index contributed by atoms with van der Waals surface area (Å²) in [6.45, 7) is 6.27. The van der Waals surface area contributed by atoms with Gasteiger partial charge in [0.15, 0.2) is 5.16 Å². The van der Waals surface area contributed by atoms with Gasteiger partial charge in [-0.1, -0.05) is 67.6 Å². The van der Waals surface area contributed by atoms with Crippen LogP contribution >= 0.6 is 11.8 Å². The molecular weight excluding hydrogens is 434 g/mol. The van der Waals surface area contributed by atoms with E-state index in [0.717, 1.165) is 55.5 Å². The number of fused-ring (bicyclic) bond motifs is 3. The predicted octanol–water partition coefficient (Wildman–Crippen LogP) is 3.84. The lowest BCUT2D eigenvalue weighted by atomic mass is 10.2. The lowest BCUT2D eigenvalue weighted by Crippen LogP contribution is -2.43. The highest BCUT2D eigenvalue weighted by atomic mass is 32.2. The number of para-hydroxylation sites is 1. The Labute approximate surface area is 197 Å². The van der Waals surface area contributed by atoms with E-state index in [-0.39, 0.29) is 11.7 Å². The highest BCUT2D eigenvalue weighted by molar-refractivity contribution is 7.99. The van der Waals surface area contributed by atoms with Gasteiger partial charge in [0.05, 0.1) is 23.6 Å². The number of hydrogen-bond donors (Lipinski definition) is 0. The third-order valence-corrected chi connectivity index (χ3v) is 7.14. The Kier molecular flexibility index (Phi) is 6.75. The van der Waals surface area contributed by atoms with Crippen molar-refractivity contribution in [3.63, 3.8) is 0 Å². The minimum absolute atomic E-state index is 0.00247. The summed E-state index contributed by atoms with van der Waals surface area (Å²) in [4.78, 5) is 15.5. The molecule has 172 valence electrons. The van der Waals surface area contributed by atoms with Crippen LogP contribution in [-0.4, -0.2) is 55.6 Å². The van der Waals surface area contributed by atoms with Crippen LogP contribution < -0.4 is 5.56 Å². The Morgan fingerprint density at radius 2 is 1.91 bits per heavy atom. The van der Waals surface area contributed by atoms with Gasteiger partial charge in [-0.15, -0.1) is 10.2 Å². The standard InChI is InChI=1S/C25H29N5O2S/c1-2-3-13-29-23(31)21-11-7-8-12-22(21)30-24(29)26-27-25(30)33-18-20-17-28(14-15-32-20)16-19-9-5-4-6-10-19/h4-12,20H,2-3,13-18H2,1H3. The van der Waals surface area contributed by atoms with Crippen LogP contribution in [0, 0.1) is 0 Å². The maximum Gasteiger partial charge on any atom is 0.262 e. The second kappa shape index (κ2) is 10.1. The summed E-state index contributed by atoms with van der Waals surface area (Å²) in [6, 6.07) is 18.3. The number of ether oxygens (including phenoxy) is 1. The lowest BCUT2D eigenvalue weighted by Gasteiger charge is -2.32. The van der Waals surface area contributed by atoms with Crippen LogP contribution in [0.4, 0.5) is 0 Å². The summed E-state index contributed by atoms with van der Waals surface area (Å²) >= 11 is 1.65. The number of benzene rings is 2. The van der Waals surface area contributed by atoms with Crippen LogP contribution in [-0.2, 0) is 17.8 Å². The Morgan fingerprint density at radius 1 is 1.09 bits per heavy atom. The molecule has 2 aromatic heterocycles. The van der Waals surface area contributed by atoms with Crippen molar-refractivity contribution < 1.29 is 4.74 Å². The number of aryl methyl sites for hydroxylation is 1. The van der Waals surface area contributed by atoms with Crippen LogP contribution in [0.3, 0.4) is 0 Å². The number of unbranched alkanes of at least 4 members (excludes halogenated alkanes) is 1. The first-order chi connectivity index (χ1) is 16.2. The van der Waals surface area contributed by atoms with Gasteiger partial charge in [0.2, 0.25) is 5.78 Å². The van der Waals surface area contributed by atoms with Crippen molar-refractivity contribution in [2.75, 3.05) is 25.4 Å². The molecule has 2 aromatic carbocycles. The Hall–Kier alpha value is -2.68. The zero-order chi connectivity index (χ0) is 22.6. The quantitative estimate of drug-likeness (QED) is 0.370. The average Bonchev–Trinajstić information content (AvgIpc) is 3.28. The molecule has 0 spiro atoms. The van der Waals surface area contributed by atoms with Crippen molar-refractivity contribution in [3.8, 4) is 0 Å². The number of nitrogens with zero attached hydrogens (tertiary/aromatic N) is 5. The zero-order valence-corrected chi connectivity index (χ0v) is 19.7. The Morgan fingerprint density at radius 3 is 2.76 bits per heavy atom. The highest BCUT2D eigenvalue weighted by Crippen LogP contribution is 2.24. The zero-order valence-electron chi connectivity index (χ0n) is 18.9. The van der Waals surface area contributed by atoms with E-state index < -0.39 is 0 Å². The second-order valence-corrected chi connectivity index (χ2v) is 9.46. The first kappa shape index (κ1) is 22.1. The van der Waals surface area contributed by atoms with Gasteiger partial charge in [-0.25, -0.2) is 0 Å². The molecule has 4 aromatic rings. The van der Waals surface area contributed by atoms with Gasteiger partial charge in [0.25, 0.3) is 5.56 Å². The molecule has 0 aliphatic carbocycles. The van der Waals surface area contributed by atoms with Gasteiger partial charge >= 0.3 is 0 Å². The van der Waals surface area contributed by atoms with Crippen LogP contribution in [0.5, 0.6) is 0 Å². The molecule has 7 nitrogen and oxygen atoms in total. The van der Waals surface area contributed by atoms with E-state index in [2.05, 4.69) is 52.4 Å². The van der Waals surface area contributed by atoms with Gasteiger partial charge in [-0.3, -0.25) is 18.7 Å². The smallest absolute Gasteiger partial charge is 0.262 e. The molecule has 0 amide bonds. The van der Waals surface area contributed by atoms with Crippen LogP contribution in [0.2, 0.25) is 0 Å². The van der Waals surface area contributed by atoms with Crippen molar-refractivity contribution in [1.29, 1.82) is 0 Å². The maximum absolute atomic E-state index is 13.1. The topological polar surface area (TPSA) is 64.7 Å². The van der Waals surface area contributed by atoms with Crippen LogP contribution in [0.1, 0.15) is 25.3 Å². The molecule has 1 atom stereocenters. The fourth-order valence-corrected chi connectivity index (χ4v) is 5.32. The van der Waals surface area contributed by atoms with Gasteiger partial charge in [0, 0.05) is 31.9 Å². The van der Waals surface area contributed by atoms with E-state index >= 15 is 0 Å². The summed E-state index contributed by atoms with van der Waals surface area (Å²) in [5, 5.41) is 10.4. The Bertz CT molecular complexity index is 1290. The highest BCUT2D eigenvalue weighted by Gasteiger charge is 2.23. The molecule has 1 unspecified atom stereocenters. The van der Waals surface area contributed by atoms with E-state index in [1.807, 2.05) is 28.7 Å². The van der Waals surface area contributed by atoms with Crippen molar-refractivity contribution >= 4 is 28.4 Å². The number of aromatic nitrogens is 4. The van der Waals surface area contributed by atoms with Gasteiger partial charge in [-0.2, -0.15) is 0 Å². The largest absolute Gasteiger partial charge is 0.375 e. The molecule has 8 heteroatoms. The van der Waals surface area contributed by atoms with E-state index in [1.54, 1.807) is 16.3 Å². The average molecular weight is 464 g/mol. The number of thioether (sulfide) groups is 1. The molecule has 1 fully saturated rings. The normalized spacial score (nSPS) is 17.2. The first-order valence-electron chi connectivity index (χ1n) is 11.6. The van der Waals surface area contributed by atoms with E-state index in [1.165, 1.54) is 5.56 Å². The molecule has 1 saturated heterocycles. The second-order valence-electron chi connectivity index (χ2n) is 8.47. The van der Waals surface area contributed by atoms with Crippen molar-refractivity contribution in [2.45, 2.75) is 44.1 Å². The van der Waals surface area contributed by atoms with Crippen molar-refractivity contribution in [1.82, 2.24) is 24.1 Å². The van der Waals surface area contributed by atoms with Crippen molar-refractivity contribution in [2.24, 2.45) is 0 Å². The summed E-state index contributed by atoms with van der Waals surface area (Å²) in [5.41, 5.74) is 2.18. The molecule has 1 aliphatic rings. The predicted molar refractivity (Wildman–Crippen MR) is 132 cm³/mol. The molecule has 0 N–H and O–H groups in total. The van der Waals surface area contributed by atoms with E-state index in [0.29, 0.717) is 17.7 Å². The number of morpholine rings is 1. The molecule has 3 heterocycles. The molecular formula is C25H29N5O2S. The van der Waals surface area contributed by atoms with Crippen LogP contribution in [0.25, 0.3) is 16.7 Å². The molecule has 0 bridgehead atoms. The summed E-state index contributed by atoms with van der Waals surface area (Å²) in [6.07, 6.45) is 2.06. The van der Waals surface area contributed by atoms with E-state index in [4.69, 9.17) is 4.74 Å². The monoisotopic (exact) mass is 463 g/mol. The molecule has 0 saturated carbocycles. The lowest BCUT2D eigenvalue weighted by molar-refractivity contribution is -0.0187. The molecule has 33 heavy (non-hydrogen) atoms. The fourth-order valence-electron chi connectivity index (χ4n) is 4.38. The molecule has 5 rings (SSSR count).